The van der Waals surface area contributed by atoms with E-state index < -0.39 is 0 Å². The fourth-order valence-corrected chi connectivity index (χ4v) is 6.50. The molecule has 0 saturated carbocycles. The molecule has 3 atom stereocenters. The number of aryl methyl sites for hydroxylation is 1. The normalized spacial score (nSPS) is 24.6. The second kappa shape index (κ2) is 8.73. The number of hydrogen-bond donors (Lipinski definition) is 0. The van der Waals surface area contributed by atoms with Crippen molar-refractivity contribution in [2.75, 3.05) is 26.2 Å². The summed E-state index contributed by atoms with van der Waals surface area (Å²) in [6.45, 7) is 15.1. The summed E-state index contributed by atoms with van der Waals surface area (Å²) in [7, 11) is 0.518. The van der Waals surface area contributed by atoms with Crippen molar-refractivity contribution in [2.45, 2.75) is 52.4 Å². The standard InChI is InChI=1S/C26H34N5OP/c1-6-28-9-10-29(14-19(28)5)21-7-8-25-31(16-21)24(32)12-23(33-25)20-11-22(17(2)3)26-27-18(4)13-30(26)15-20/h7-8,11-13,15-17,19,25,33H,6,9-10,14H2,1-5H3/t19-,25?/m1/s1. The highest BCUT2D eigenvalue weighted by Gasteiger charge is 2.31. The maximum absolute atomic E-state index is 13.2. The summed E-state index contributed by atoms with van der Waals surface area (Å²) in [6.07, 6.45) is 12.6. The summed E-state index contributed by atoms with van der Waals surface area (Å²) in [5.41, 5.74) is 5.53. The highest BCUT2D eigenvalue weighted by Crippen LogP contribution is 2.45. The van der Waals surface area contributed by atoms with Gasteiger partial charge in [0.25, 0.3) is 5.91 Å². The van der Waals surface area contributed by atoms with Crippen LogP contribution in [0.25, 0.3) is 11.0 Å². The zero-order valence-electron chi connectivity index (χ0n) is 20.2. The number of allylic oxidation sites excluding steroid dienone is 1. The lowest BCUT2D eigenvalue weighted by Gasteiger charge is -2.43. The van der Waals surface area contributed by atoms with Crippen LogP contribution in [0.15, 0.2) is 48.6 Å². The van der Waals surface area contributed by atoms with E-state index >= 15 is 0 Å². The van der Waals surface area contributed by atoms with Crippen LogP contribution in [0.2, 0.25) is 0 Å². The number of pyridine rings is 1. The van der Waals surface area contributed by atoms with Crippen molar-refractivity contribution < 1.29 is 4.79 Å². The highest BCUT2D eigenvalue weighted by molar-refractivity contribution is 7.51. The van der Waals surface area contributed by atoms with E-state index in [2.05, 4.69) is 78.7 Å². The number of aromatic nitrogens is 2. The van der Waals surface area contributed by atoms with Gasteiger partial charge in [-0.1, -0.05) is 35.4 Å². The van der Waals surface area contributed by atoms with Crippen LogP contribution in [-0.2, 0) is 4.79 Å². The molecule has 5 heterocycles. The number of piperazine rings is 1. The Balaban J connectivity index is 1.42. The summed E-state index contributed by atoms with van der Waals surface area (Å²) < 4.78 is 2.12. The Hall–Kier alpha value is -2.43. The molecule has 7 heteroatoms. The monoisotopic (exact) mass is 463 g/mol. The van der Waals surface area contributed by atoms with E-state index in [0.717, 1.165) is 54.1 Å². The SMILES string of the molecule is CCN1CCN(C2=CN3C(=O)C=C(c4cc(C(C)C)c5nc(C)cn5c4)PC3C=C2)C[C@H]1C. The number of hydrogen-bond acceptors (Lipinski definition) is 4. The largest absolute Gasteiger partial charge is 0.368 e. The number of imidazole rings is 1. The Morgan fingerprint density at radius 1 is 1.24 bits per heavy atom. The first kappa shape index (κ1) is 22.4. The van der Waals surface area contributed by atoms with E-state index in [9.17, 15) is 4.79 Å². The van der Waals surface area contributed by atoms with Gasteiger partial charge in [0.2, 0.25) is 0 Å². The van der Waals surface area contributed by atoms with Crippen molar-refractivity contribution in [3.63, 3.8) is 0 Å². The topological polar surface area (TPSA) is 44.1 Å². The van der Waals surface area contributed by atoms with Crippen LogP contribution in [-0.4, -0.2) is 68.0 Å². The number of fused-ring (bicyclic) bond motifs is 2. The van der Waals surface area contributed by atoms with Gasteiger partial charge in [-0.05, 0) is 54.9 Å². The van der Waals surface area contributed by atoms with Crippen LogP contribution in [0, 0.1) is 6.92 Å². The van der Waals surface area contributed by atoms with Crippen LogP contribution >= 0.6 is 8.58 Å². The Morgan fingerprint density at radius 2 is 2.06 bits per heavy atom. The van der Waals surface area contributed by atoms with Gasteiger partial charge in [0.05, 0.1) is 17.2 Å². The van der Waals surface area contributed by atoms with Crippen LogP contribution in [0.5, 0.6) is 0 Å². The fourth-order valence-electron chi connectivity index (χ4n) is 5.14. The molecule has 0 aromatic carbocycles. The Labute approximate surface area is 198 Å². The molecule has 1 amide bonds. The van der Waals surface area contributed by atoms with Gasteiger partial charge in [-0.25, -0.2) is 4.98 Å². The molecule has 2 unspecified atom stereocenters. The van der Waals surface area contributed by atoms with Gasteiger partial charge in [-0.3, -0.25) is 9.69 Å². The van der Waals surface area contributed by atoms with Crippen LogP contribution < -0.4 is 0 Å². The van der Waals surface area contributed by atoms with E-state index in [1.807, 2.05) is 17.9 Å². The zero-order valence-corrected chi connectivity index (χ0v) is 21.2. The van der Waals surface area contributed by atoms with Gasteiger partial charge in [0.1, 0.15) is 5.65 Å². The average Bonchev–Trinajstić information content (AvgIpc) is 3.18. The second-order valence-corrected chi connectivity index (χ2v) is 11.1. The van der Waals surface area contributed by atoms with Gasteiger partial charge in [-0.15, -0.1) is 0 Å². The number of nitrogens with zero attached hydrogens (tertiary/aromatic N) is 5. The highest BCUT2D eigenvalue weighted by atomic mass is 31.1. The third kappa shape index (κ3) is 4.15. The molecular weight excluding hydrogens is 429 g/mol. The predicted octanol–water partition coefficient (Wildman–Crippen LogP) is 4.39. The maximum Gasteiger partial charge on any atom is 0.252 e. The molecule has 0 N–H and O–H groups in total. The third-order valence-electron chi connectivity index (χ3n) is 7.02. The van der Waals surface area contributed by atoms with Crippen molar-refractivity contribution in [2.24, 2.45) is 0 Å². The Morgan fingerprint density at radius 3 is 2.79 bits per heavy atom. The molecule has 33 heavy (non-hydrogen) atoms. The first-order valence-electron chi connectivity index (χ1n) is 12.0. The smallest absolute Gasteiger partial charge is 0.252 e. The first-order chi connectivity index (χ1) is 15.8. The van der Waals surface area contributed by atoms with Crippen LogP contribution in [0.3, 0.4) is 0 Å². The van der Waals surface area contributed by atoms with E-state index in [1.54, 1.807) is 0 Å². The average molecular weight is 464 g/mol. The minimum Gasteiger partial charge on any atom is -0.368 e. The van der Waals surface area contributed by atoms with Gasteiger partial charge in [-0.2, -0.15) is 0 Å². The van der Waals surface area contributed by atoms with Gasteiger partial charge in [0.15, 0.2) is 0 Å². The van der Waals surface area contributed by atoms with Gasteiger partial charge < -0.3 is 14.2 Å². The number of rotatable bonds is 4. The molecule has 0 aliphatic carbocycles. The number of amides is 1. The molecule has 174 valence electrons. The zero-order chi connectivity index (χ0) is 23.3. The van der Waals surface area contributed by atoms with Crippen molar-refractivity contribution in [3.8, 4) is 0 Å². The van der Waals surface area contributed by atoms with E-state index in [4.69, 9.17) is 4.98 Å². The molecule has 3 aliphatic heterocycles. The molecule has 1 saturated heterocycles. The van der Waals surface area contributed by atoms with Crippen LogP contribution in [0.1, 0.15) is 50.4 Å². The molecule has 0 spiro atoms. The van der Waals surface area contributed by atoms with Crippen LogP contribution in [0.4, 0.5) is 0 Å². The molecular formula is C26H34N5OP. The molecule has 5 rings (SSSR count). The first-order valence-corrected chi connectivity index (χ1v) is 13.1. The summed E-state index contributed by atoms with van der Waals surface area (Å²) in [6, 6.07) is 2.76. The summed E-state index contributed by atoms with van der Waals surface area (Å²) in [5.74, 6) is 0.534. The van der Waals surface area contributed by atoms with Crippen molar-refractivity contribution in [3.05, 3.63) is 65.4 Å². The summed E-state index contributed by atoms with van der Waals surface area (Å²) in [5, 5.41) is 1.13. The van der Waals surface area contributed by atoms with Gasteiger partial charge >= 0.3 is 0 Å². The third-order valence-corrected chi connectivity index (χ3v) is 8.53. The minimum absolute atomic E-state index is 0.0730. The quantitative estimate of drug-likeness (QED) is 0.631. The lowest BCUT2D eigenvalue weighted by Crippen LogP contribution is -2.51. The van der Waals surface area contributed by atoms with E-state index in [1.165, 1.54) is 5.56 Å². The summed E-state index contributed by atoms with van der Waals surface area (Å²) in [4.78, 5) is 24.8. The minimum atomic E-state index is 0.0730. The second-order valence-electron chi connectivity index (χ2n) is 9.68. The molecule has 2 aromatic heterocycles. The lowest BCUT2D eigenvalue weighted by molar-refractivity contribution is -0.123. The number of carbonyl (C=O) groups is 1. The predicted molar refractivity (Wildman–Crippen MR) is 136 cm³/mol. The van der Waals surface area contributed by atoms with Crippen molar-refractivity contribution in [1.82, 2.24) is 24.1 Å². The number of likely N-dealkylation sites (N-methyl/N-ethyl adjacent to an activating group) is 1. The Kier molecular flexibility index (Phi) is 5.92. The molecule has 6 nitrogen and oxygen atoms in total. The number of carbonyl (C=O) groups excluding carboxylic acids is 1. The molecule has 0 bridgehead atoms. The molecule has 2 aromatic rings. The molecule has 1 fully saturated rings. The molecule has 0 radical (unpaired) electrons. The lowest BCUT2D eigenvalue weighted by atomic mass is 10.0. The Bertz CT molecular complexity index is 1180. The molecule has 3 aliphatic rings. The van der Waals surface area contributed by atoms with Gasteiger partial charge in [0, 0.05) is 50.3 Å². The fraction of sp³-hybridized carbons (Fsp3) is 0.462. The maximum atomic E-state index is 13.2. The van der Waals surface area contributed by atoms with E-state index in [0.29, 0.717) is 20.5 Å². The van der Waals surface area contributed by atoms with Crippen molar-refractivity contribution >= 4 is 25.4 Å². The van der Waals surface area contributed by atoms with Crippen molar-refractivity contribution in [1.29, 1.82) is 0 Å². The van der Waals surface area contributed by atoms with E-state index in [-0.39, 0.29) is 11.7 Å². The summed E-state index contributed by atoms with van der Waals surface area (Å²) >= 11 is 0.